The third kappa shape index (κ3) is 4.79. The largest absolute Gasteiger partial charge is 0.478 e. The number of nitrogens with zero attached hydrogens (tertiary/aromatic N) is 2. The van der Waals surface area contributed by atoms with Gasteiger partial charge in [-0.25, -0.2) is 4.79 Å². The number of carboxylic acids is 1. The Morgan fingerprint density at radius 1 is 1.28 bits per heavy atom. The van der Waals surface area contributed by atoms with Gasteiger partial charge in [-0.3, -0.25) is 9.48 Å². The van der Waals surface area contributed by atoms with E-state index in [1.807, 2.05) is 32.5 Å². The summed E-state index contributed by atoms with van der Waals surface area (Å²) in [4.78, 5) is 22.9. The number of aryl methyl sites for hydroxylation is 2. The molecule has 1 atom stereocenters. The zero-order chi connectivity index (χ0) is 18.6. The summed E-state index contributed by atoms with van der Waals surface area (Å²) in [7, 11) is 1.91. The quantitative estimate of drug-likeness (QED) is 0.791. The molecule has 6 heteroatoms. The zero-order valence-electron chi connectivity index (χ0n) is 14.9. The van der Waals surface area contributed by atoms with Gasteiger partial charge >= 0.3 is 5.97 Å². The number of aromatic nitrogens is 2. The molecule has 0 saturated carbocycles. The summed E-state index contributed by atoms with van der Waals surface area (Å²) < 4.78 is 1.85. The van der Waals surface area contributed by atoms with Crippen LogP contribution < -0.4 is 5.32 Å². The predicted octanol–water partition coefficient (Wildman–Crippen LogP) is 2.50. The second-order valence-electron chi connectivity index (χ2n) is 6.15. The van der Waals surface area contributed by atoms with Crippen LogP contribution in [0.4, 0.5) is 0 Å². The lowest BCUT2D eigenvalue weighted by atomic mass is 10.1. The van der Waals surface area contributed by atoms with Crippen LogP contribution in [0.1, 0.15) is 39.8 Å². The molecule has 2 N–H and O–H groups in total. The monoisotopic (exact) mass is 341 g/mol. The third-order valence-electron chi connectivity index (χ3n) is 4.14. The Balaban J connectivity index is 1.93. The van der Waals surface area contributed by atoms with Crippen LogP contribution in [0.5, 0.6) is 0 Å². The van der Waals surface area contributed by atoms with Gasteiger partial charge in [0, 0.05) is 24.9 Å². The molecule has 0 saturated heterocycles. The van der Waals surface area contributed by atoms with Crippen LogP contribution in [0.25, 0.3) is 6.08 Å². The van der Waals surface area contributed by atoms with E-state index in [9.17, 15) is 9.59 Å². The van der Waals surface area contributed by atoms with Gasteiger partial charge in [-0.2, -0.15) is 5.10 Å². The Hall–Kier alpha value is -2.89. The summed E-state index contributed by atoms with van der Waals surface area (Å²) >= 11 is 0. The fourth-order valence-electron chi connectivity index (χ4n) is 2.67. The highest BCUT2D eigenvalue weighted by Crippen LogP contribution is 2.14. The highest BCUT2D eigenvalue weighted by molar-refractivity contribution is 5.92. The second-order valence-corrected chi connectivity index (χ2v) is 6.15. The van der Waals surface area contributed by atoms with Crippen molar-refractivity contribution in [3.8, 4) is 0 Å². The number of carbonyl (C=O) groups is 2. The second kappa shape index (κ2) is 7.79. The summed E-state index contributed by atoms with van der Waals surface area (Å²) in [6.45, 7) is 5.95. The van der Waals surface area contributed by atoms with Crippen molar-refractivity contribution in [2.24, 2.45) is 7.05 Å². The van der Waals surface area contributed by atoms with Crippen molar-refractivity contribution in [2.75, 3.05) is 0 Å². The molecule has 1 heterocycles. The van der Waals surface area contributed by atoms with E-state index in [0.717, 1.165) is 28.9 Å². The molecule has 0 radical (unpaired) electrons. The zero-order valence-corrected chi connectivity index (χ0v) is 14.9. The number of hydrogen-bond acceptors (Lipinski definition) is 3. The lowest BCUT2D eigenvalue weighted by Gasteiger charge is -2.13. The van der Waals surface area contributed by atoms with Crippen molar-refractivity contribution in [2.45, 2.75) is 33.2 Å². The van der Waals surface area contributed by atoms with Gasteiger partial charge in [-0.15, -0.1) is 0 Å². The molecule has 2 aromatic rings. The Kier molecular flexibility index (Phi) is 5.75. The number of benzene rings is 1. The average Bonchev–Trinajstić information content (AvgIpc) is 2.79. The van der Waals surface area contributed by atoms with Crippen molar-refractivity contribution in [1.82, 2.24) is 15.1 Å². The van der Waals surface area contributed by atoms with Crippen LogP contribution in [0.15, 0.2) is 30.3 Å². The number of aromatic carboxylic acids is 1. The van der Waals surface area contributed by atoms with Gasteiger partial charge in [0.15, 0.2) is 0 Å². The highest BCUT2D eigenvalue weighted by Gasteiger charge is 2.13. The minimum atomic E-state index is -0.969. The van der Waals surface area contributed by atoms with Crippen LogP contribution in [0, 0.1) is 13.8 Å². The fourth-order valence-corrected chi connectivity index (χ4v) is 2.67. The summed E-state index contributed by atoms with van der Waals surface area (Å²) in [6.07, 6.45) is 3.84. The van der Waals surface area contributed by atoms with E-state index >= 15 is 0 Å². The molecule has 0 bridgehead atoms. The Bertz CT molecular complexity index is 804. The van der Waals surface area contributed by atoms with Gasteiger partial charge in [-0.1, -0.05) is 12.1 Å². The van der Waals surface area contributed by atoms with E-state index in [4.69, 9.17) is 5.11 Å². The van der Waals surface area contributed by atoms with Gasteiger partial charge in [0.05, 0.1) is 11.3 Å². The average molecular weight is 341 g/mol. The molecule has 0 aliphatic carbocycles. The molecule has 0 aliphatic rings. The first-order chi connectivity index (χ1) is 11.8. The number of nitrogens with one attached hydrogen (secondary N) is 1. The number of carboxylic acid groups (broad SMARTS) is 1. The molecule has 0 spiro atoms. The maximum atomic E-state index is 12.1. The summed E-state index contributed by atoms with van der Waals surface area (Å²) in [5, 5.41) is 16.2. The Morgan fingerprint density at radius 2 is 1.92 bits per heavy atom. The topological polar surface area (TPSA) is 84.2 Å². The molecule has 1 aromatic heterocycles. The molecule has 6 nitrogen and oxygen atoms in total. The van der Waals surface area contributed by atoms with Crippen LogP contribution >= 0.6 is 0 Å². The fraction of sp³-hybridized carbons (Fsp3) is 0.316. The molecule has 1 amide bonds. The maximum Gasteiger partial charge on any atom is 0.335 e. The smallest absolute Gasteiger partial charge is 0.335 e. The van der Waals surface area contributed by atoms with E-state index in [2.05, 4.69) is 10.4 Å². The van der Waals surface area contributed by atoms with E-state index in [0.29, 0.717) is 0 Å². The minimum absolute atomic E-state index is 0.0202. The van der Waals surface area contributed by atoms with Gasteiger partial charge in [0.2, 0.25) is 5.91 Å². The third-order valence-corrected chi connectivity index (χ3v) is 4.14. The van der Waals surface area contributed by atoms with Crippen LogP contribution in [-0.2, 0) is 18.3 Å². The maximum absolute atomic E-state index is 12.1. The molecule has 0 fully saturated rings. The molecular formula is C19H23N3O3. The van der Waals surface area contributed by atoms with Crippen LogP contribution in [0.2, 0.25) is 0 Å². The molecule has 0 aliphatic heterocycles. The van der Waals surface area contributed by atoms with E-state index in [1.165, 1.54) is 18.2 Å². The van der Waals surface area contributed by atoms with Crippen molar-refractivity contribution in [1.29, 1.82) is 0 Å². The van der Waals surface area contributed by atoms with Crippen molar-refractivity contribution < 1.29 is 14.7 Å². The molecule has 1 unspecified atom stereocenters. The highest BCUT2D eigenvalue weighted by atomic mass is 16.4. The number of rotatable bonds is 6. The lowest BCUT2D eigenvalue weighted by Crippen LogP contribution is -2.33. The van der Waals surface area contributed by atoms with Gasteiger partial charge in [0.25, 0.3) is 0 Å². The lowest BCUT2D eigenvalue weighted by molar-refractivity contribution is -0.117. The Labute approximate surface area is 147 Å². The molecular weight excluding hydrogens is 318 g/mol. The minimum Gasteiger partial charge on any atom is -0.478 e. The number of carbonyl (C=O) groups excluding carboxylic acids is 1. The normalized spacial score (nSPS) is 12.3. The van der Waals surface area contributed by atoms with Crippen LogP contribution in [-0.4, -0.2) is 32.8 Å². The molecule has 25 heavy (non-hydrogen) atoms. The van der Waals surface area contributed by atoms with Gasteiger partial charge in [0.1, 0.15) is 0 Å². The van der Waals surface area contributed by atoms with E-state index in [-0.39, 0.29) is 17.5 Å². The SMILES string of the molecule is Cc1nn(C)c(C)c1CC(C)NC(=O)C=Cc1ccc(C(=O)O)cc1. The van der Waals surface area contributed by atoms with E-state index in [1.54, 1.807) is 18.2 Å². The molecule has 1 aromatic carbocycles. The number of amides is 1. The standard InChI is InChI=1S/C19H23N3O3/c1-12(11-17-13(2)21-22(4)14(17)3)20-18(23)10-7-15-5-8-16(9-6-15)19(24)25/h5-10,12H,11H2,1-4H3,(H,20,23)(H,24,25). The van der Waals surface area contributed by atoms with Gasteiger partial charge in [-0.05, 0) is 56.5 Å². The first kappa shape index (κ1) is 18.4. The first-order valence-electron chi connectivity index (χ1n) is 8.09. The van der Waals surface area contributed by atoms with Crippen LogP contribution in [0.3, 0.4) is 0 Å². The number of hydrogen-bond donors (Lipinski definition) is 2. The van der Waals surface area contributed by atoms with Crippen molar-refractivity contribution in [3.63, 3.8) is 0 Å². The molecule has 2 rings (SSSR count). The van der Waals surface area contributed by atoms with Crippen molar-refractivity contribution in [3.05, 3.63) is 58.4 Å². The molecule has 132 valence electrons. The summed E-state index contributed by atoms with van der Waals surface area (Å²) in [5.74, 6) is -1.16. The Morgan fingerprint density at radius 3 is 2.44 bits per heavy atom. The summed E-state index contributed by atoms with van der Waals surface area (Å²) in [6, 6.07) is 6.33. The van der Waals surface area contributed by atoms with Gasteiger partial charge < -0.3 is 10.4 Å². The van der Waals surface area contributed by atoms with E-state index < -0.39 is 5.97 Å². The summed E-state index contributed by atoms with van der Waals surface area (Å²) in [5.41, 5.74) is 4.23. The predicted molar refractivity (Wildman–Crippen MR) is 96.4 cm³/mol. The van der Waals surface area contributed by atoms with Crippen molar-refractivity contribution >= 4 is 18.0 Å². The first-order valence-corrected chi connectivity index (χ1v) is 8.09.